The van der Waals surface area contributed by atoms with Gasteiger partial charge in [0, 0.05) is 12.6 Å². The van der Waals surface area contributed by atoms with Gasteiger partial charge in [-0.1, -0.05) is 12.1 Å². The van der Waals surface area contributed by atoms with E-state index in [1.165, 1.54) is 12.1 Å². The zero-order valence-electron chi connectivity index (χ0n) is 14.4. The lowest BCUT2D eigenvalue weighted by Crippen LogP contribution is -2.42. The van der Waals surface area contributed by atoms with Crippen LogP contribution in [0.25, 0.3) is 0 Å². The summed E-state index contributed by atoms with van der Waals surface area (Å²) in [5.41, 5.74) is 0.991. The highest BCUT2D eigenvalue weighted by Crippen LogP contribution is 2.27. The van der Waals surface area contributed by atoms with Crippen LogP contribution in [-0.4, -0.2) is 45.2 Å². The Bertz CT molecular complexity index is 665. The number of likely N-dealkylation sites (N-methyl/N-ethyl adjacent to an activating group) is 1. The standard InChI is InChI=1S/C18H24FN5O/c1-23(10-14-2-4-15(19)5-3-14)11-18(25)22-16-6-8-17(9-7-16)24-13-20-12-21-24/h2-5,12-13,16-17H,6-11H2,1H3,(H,22,25). The summed E-state index contributed by atoms with van der Waals surface area (Å²) in [4.78, 5) is 18.2. The molecule has 1 aromatic heterocycles. The summed E-state index contributed by atoms with van der Waals surface area (Å²) >= 11 is 0. The SMILES string of the molecule is CN(CC(=O)NC1CCC(n2cncn2)CC1)Cc1ccc(F)cc1. The third-order valence-corrected chi connectivity index (χ3v) is 4.65. The van der Waals surface area contributed by atoms with E-state index < -0.39 is 0 Å². The van der Waals surface area contributed by atoms with E-state index in [1.807, 2.05) is 16.6 Å². The molecule has 1 N–H and O–H groups in total. The van der Waals surface area contributed by atoms with Crippen LogP contribution in [-0.2, 0) is 11.3 Å². The molecule has 0 saturated heterocycles. The Hall–Kier alpha value is -2.28. The second-order valence-electron chi connectivity index (χ2n) is 6.75. The van der Waals surface area contributed by atoms with Gasteiger partial charge in [-0.15, -0.1) is 0 Å². The number of nitrogens with zero attached hydrogens (tertiary/aromatic N) is 4. The van der Waals surface area contributed by atoms with Gasteiger partial charge in [-0.2, -0.15) is 5.10 Å². The second-order valence-corrected chi connectivity index (χ2v) is 6.75. The highest BCUT2D eigenvalue weighted by atomic mass is 19.1. The molecule has 0 radical (unpaired) electrons. The third-order valence-electron chi connectivity index (χ3n) is 4.65. The Morgan fingerprint density at radius 3 is 2.64 bits per heavy atom. The Kier molecular flexibility index (Phi) is 5.75. The van der Waals surface area contributed by atoms with Gasteiger partial charge in [0.25, 0.3) is 0 Å². The van der Waals surface area contributed by atoms with Gasteiger partial charge in [0.05, 0.1) is 12.6 Å². The summed E-state index contributed by atoms with van der Waals surface area (Å²) in [5, 5.41) is 7.32. The average Bonchev–Trinajstić information content (AvgIpc) is 3.12. The highest BCUT2D eigenvalue weighted by Gasteiger charge is 2.24. The Labute approximate surface area is 147 Å². The molecule has 0 bridgehead atoms. The summed E-state index contributed by atoms with van der Waals surface area (Å²) < 4.78 is 14.8. The lowest BCUT2D eigenvalue weighted by molar-refractivity contribution is -0.123. The smallest absolute Gasteiger partial charge is 0.234 e. The predicted molar refractivity (Wildman–Crippen MR) is 92.2 cm³/mol. The van der Waals surface area contributed by atoms with Crippen LogP contribution in [0.4, 0.5) is 4.39 Å². The molecule has 1 aliphatic carbocycles. The van der Waals surface area contributed by atoms with Crippen molar-refractivity contribution in [1.82, 2.24) is 25.0 Å². The van der Waals surface area contributed by atoms with E-state index in [0.29, 0.717) is 19.1 Å². The van der Waals surface area contributed by atoms with E-state index >= 15 is 0 Å². The summed E-state index contributed by atoms with van der Waals surface area (Å²) in [5.74, 6) is -0.209. The topological polar surface area (TPSA) is 63.1 Å². The lowest BCUT2D eigenvalue weighted by atomic mass is 9.91. The molecule has 25 heavy (non-hydrogen) atoms. The lowest BCUT2D eigenvalue weighted by Gasteiger charge is -2.29. The van der Waals surface area contributed by atoms with Crippen molar-refractivity contribution >= 4 is 5.91 Å². The van der Waals surface area contributed by atoms with Gasteiger partial charge >= 0.3 is 0 Å². The van der Waals surface area contributed by atoms with Gasteiger partial charge in [0.1, 0.15) is 18.5 Å². The number of carbonyl (C=O) groups is 1. The van der Waals surface area contributed by atoms with Crippen LogP contribution in [0.1, 0.15) is 37.3 Å². The van der Waals surface area contributed by atoms with Gasteiger partial charge < -0.3 is 5.32 Å². The number of rotatable bonds is 6. The van der Waals surface area contributed by atoms with Crippen LogP contribution in [0.15, 0.2) is 36.9 Å². The molecular formula is C18H24FN5O. The van der Waals surface area contributed by atoms with Crippen LogP contribution in [0.5, 0.6) is 0 Å². The molecule has 7 heteroatoms. The Morgan fingerprint density at radius 1 is 1.28 bits per heavy atom. The average molecular weight is 345 g/mol. The van der Waals surface area contributed by atoms with Crippen molar-refractivity contribution in [2.24, 2.45) is 0 Å². The van der Waals surface area contributed by atoms with E-state index in [1.54, 1.807) is 24.8 Å². The van der Waals surface area contributed by atoms with Crippen molar-refractivity contribution in [2.75, 3.05) is 13.6 Å². The molecule has 1 fully saturated rings. The first kappa shape index (κ1) is 17.5. The minimum Gasteiger partial charge on any atom is -0.352 e. The summed E-state index contributed by atoms with van der Waals surface area (Å²) in [6, 6.07) is 6.99. The first-order valence-corrected chi connectivity index (χ1v) is 8.66. The van der Waals surface area contributed by atoms with Crippen molar-refractivity contribution in [1.29, 1.82) is 0 Å². The second kappa shape index (κ2) is 8.20. The quantitative estimate of drug-likeness (QED) is 0.871. The highest BCUT2D eigenvalue weighted by molar-refractivity contribution is 5.78. The molecule has 2 aromatic rings. The molecule has 3 rings (SSSR count). The van der Waals surface area contributed by atoms with Crippen LogP contribution >= 0.6 is 0 Å². The zero-order chi connectivity index (χ0) is 17.6. The fourth-order valence-corrected chi connectivity index (χ4v) is 3.37. The van der Waals surface area contributed by atoms with E-state index in [4.69, 9.17) is 0 Å². The molecule has 0 spiro atoms. The summed E-state index contributed by atoms with van der Waals surface area (Å²) in [6.45, 7) is 0.952. The monoisotopic (exact) mass is 345 g/mol. The molecule has 1 saturated carbocycles. The first-order valence-electron chi connectivity index (χ1n) is 8.66. The number of hydrogen-bond donors (Lipinski definition) is 1. The largest absolute Gasteiger partial charge is 0.352 e. The minimum atomic E-state index is -0.245. The molecule has 0 aliphatic heterocycles. The molecule has 134 valence electrons. The number of halogens is 1. The maximum atomic E-state index is 12.9. The van der Waals surface area contributed by atoms with Crippen molar-refractivity contribution in [3.63, 3.8) is 0 Å². The molecule has 1 amide bonds. The number of amides is 1. The molecule has 0 atom stereocenters. The van der Waals surface area contributed by atoms with E-state index in [-0.39, 0.29) is 17.8 Å². The number of hydrogen-bond acceptors (Lipinski definition) is 4. The van der Waals surface area contributed by atoms with Gasteiger partial charge in [0.15, 0.2) is 0 Å². The van der Waals surface area contributed by atoms with Gasteiger partial charge in [-0.25, -0.2) is 14.1 Å². The van der Waals surface area contributed by atoms with Crippen LogP contribution in [0.3, 0.4) is 0 Å². The van der Waals surface area contributed by atoms with Crippen LogP contribution in [0.2, 0.25) is 0 Å². The maximum Gasteiger partial charge on any atom is 0.234 e. The van der Waals surface area contributed by atoms with Crippen LogP contribution in [0, 0.1) is 5.82 Å². The van der Waals surface area contributed by atoms with E-state index in [2.05, 4.69) is 15.4 Å². The van der Waals surface area contributed by atoms with Crippen molar-refractivity contribution in [3.05, 3.63) is 48.3 Å². The molecule has 1 aliphatic rings. The van der Waals surface area contributed by atoms with Crippen molar-refractivity contribution in [3.8, 4) is 0 Å². The van der Waals surface area contributed by atoms with Gasteiger partial charge in [-0.05, 0) is 50.4 Å². The van der Waals surface area contributed by atoms with Gasteiger partial charge in [-0.3, -0.25) is 9.69 Å². The van der Waals surface area contributed by atoms with Gasteiger partial charge in [0.2, 0.25) is 5.91 Å². The molecular weight excluding hydrogens is 321 g/mol. The van der Waals surface area contributed by atoms with E-state index in [0.717, 1.165) is 31.2 Å². The van der Waals surface area contributed by atoms with Crippen molar-refractivity contribution < 1.29 is 9.18 Å². The molecule has 6 nitrogen and oxygen atoms in total. The van der Waals surface area contributed by atoms with Crippen LogP contribution < -0.4 is 5.32 Å². The third kappa shape index (κ3) is 5.09. The van der Waals surface area contributed by atoms with E-state index in [9.17, 15) is 9.18 Å². The maximum absolute atomic E-state index is 12.9. The Balaban J connectivity index is 1.40. The van der Waals surface area contributed by atoms with Crippen molar-refractivity contribution in [2.45, 2.75) is 44.3 Å². The predicted octanol–water partition coefficient (Wildman–Crippen LogP) is 2.15. The zero-order valence-corrected chi connectivity index (χ0v) is 14.4. The molecule has 1 heterocycles. The number of nitrogens with one attached hydrogen (secondary N) is 1. The number of carbonyl (C=O) groups excluding carboxylic acids is 1. The number of aromatic nitrogens is 3. The normalized spacial score (nSPS) is 20.6. The first-order chi connectivity index (χ1) is 12.1. The molecule has 1 aromatic carbocycles. The minimum absolute atomic E-state index is 0.0359. The summed E-state index contributed by atoms with van der Waals surface area (Å²) in [7, 11) is 1.89. The fourth-order valence-electron chi connectivity index (χ4n) is 3.37. The number of benzene rings is 1. The Morgan fingerprint density at radius 2 is 2.00 bits per heavy atom. The summed E-state index contributed by atoms with van der Waals surface area (Å²) in [6.07, 6.45) is 7.23. The molecule has 0 unspecified atom stereocenters. The fraction of sp³-hybridized carbons (Fsp3) is 0.500.